The second kappa shape index (κ2) is 8.32. The van der Waals surface area contributed by atoms with Crippen molar-refractivity contribution in [3.05, 3.63) is 77.3 Å². The fraction of sp³-hybridized carbons (Fsp3) is 0.111. The summed E-state index contributed by atoms with van der Waals surface area (Å²) in [4.78, 5) is 0. The van der Waals surface area contributed by atoms with E-state index >= 15 is 0 Å². The van der Waals surface area contributed by atoms with Gasteiger partial charge in [-0.15, -0.1) is 0 Å². The predicted molar refractivity (Wildman–Crippen MR) is 90.8 cm³/mol. The average molecular weight is 345 g/mol. The van der Waals surface area contributed by atoms with E-state index < -0.39 is 0 Å². The topological polar surface area (TPSA) is 18.5 Å². The van der Waals surface area contributed by atoms with Crippen LogP contribution < -0.4 is 9.47 Å². The SMILES string of the molecule is C=CCOc1cccc(OC/C=C/c2ccccc2)c1Br. The van der Waals surface area contributed by atoms with Gasteiger partial charge in [-0.1, -0.05) is 55.1 Å². The largest absolute Gasteiger partial charge is 0.488 e. The molecule has 0 amide bonds. The highest BCUT2D eigenvalue weighted by molar-refractivity contribution is 9.10. The van der Waals surface area contributed by atoms with E-state index in [2.05, 4.69) is 34.6 Å². The van der Waals surface area contributed by atoms with Crippen LogP contribution in [0.5, 0.6) is 11.5 Å². The molecule has 0 aliphatic carbocycles. The van der Waals surface area contributed by atoms with Crippen LogP contribution >= 0.6 is 15.9 Å². The van der Waals surface area contributed by atoms with E-state index in [-0.39, 0.29) is 0 Å². The second-order valence-electron chi connectivity index (χ2n) is 4.29. The van der Waals surface area contributed by atoms with Crippen molar-refractivity contribution in [2.75, 3.05) is 13.2 Å². The molecule has 0 spiro atoms. The summed E-state index contributed by atoms with van der Waals surface area (Å²) in [6.45, 7) is 4.60. The van der Waals surface area contributed by atoms with E-state index in [9.17, 15) is 0 Å². The first kappa shape index (κ1) is 15.4. The quantitative estimate of drug-likeness (QED) is 0.650. The molecule has 0 aromatic heterocycles. The maximum absolute atomic E-state index is 5.74. The third-order valence-electron chi connectivity index (χ3n) is 2.73. The van der Waals surface area contributed by atoms with Crippen molar-refractivity contribution in [3.8, 4) is 11.5 Å². The summed E-state index contributed by atoms with van der Waals surface area (Å²) in [5.74, 6) is 1.51. The Hall–Kier alpha value is -2.00. The zero-order chi connectivity index (χ0) is 14.9. The Kier molecular flexibility index (Phi) is 6.10. The Morgan fingerprint density at radius 3 is 2.24 bits per heavy atom. The molecule has 2 aromatic carbocycles. The molecule has 0 radical (unpaired) electrons. The van der Waals surface area contributed by atoms with Gasteiger partial charge in [0.25, 0.3) is 0 Å². The zero-order valence-electron chi connectivity index (χ0n) is 11.7. The van der Waals surface area contributed by atoms with Gasteiger partial charge in [0, 0.05) is 0 Å². The molecular formula is C18H17BrO2. The van der Waals surface area contributed by atoms with Crippen molar-refractivity contribution >= 4 is 22.0 Å². The van der Waals surface area contributed by atoms with E-state index in [1.807, 2.05) is 48.6 Å². The fourth-order valence-electron chi connectivity index (χ4n) is 1.75. The van der Waals surface area contributed by atoms with Crippen molar-refractivity contribution in [2.24, 2.45) is 0 Å². The van der Waals surface area contributed by atoms with Crippen LogP contribution in [0.2, 0.25) is 0 Å². The van der Waals surface area contributed by atoms with Gasteiger partial charge in [-0.25, -0.2) is 0 Å². The van der Waals surface area contributed by atoms with E-state index in [1.54, 1.807) is 6.08 Å². The molecule has 0 atom stereocenters. The monoisotopic (exact) mass is 344 g/mol. The third kappa shape index (κ3) is 4.80. The first-order valence-corrected chi connectivity index (χ1v) is 7.47. The van der Waals surface area contributed by atoms with Crippen molar-refractivity contribution in [1.82, 2.24) is 0 Å². The standard InChI is InChI=1S/C18H17BrO2/c1-2-13-20-16-11-6-12-17(18(16)19)21-14-7-10-15-8-4-3-5-9-15/h2-12H,1,13-14H2/b10-7+. The predicted octanol–water partition coefficient (Wildman–Crippen LogP) is 5.11. The van der Waals surface area contributed by atoms with Gasteiger partial charge in [0.15, 0.2) is 0 Å². The Balaban J connectivity index is 1.94. The van der Waals surface area contributed by atoms with Gasteiger partial charge in [0.2, 0.25) is 0 Å². The van der Waals surface area contributed by atoms with Crippen LogP contribution in [0, 0.1) is 0 Å². The molecule has 0 N–H and O–H groups in total. The second-order valence-corrected chi connectivity index (χ2v) is 5.09. The van der Waals surface area contributed by atoms with Crippen LogP contribution in [0.25, 0.3) is 6.08 Å². The van der Waals surface area contributed by atoms with Crippen LogP contribution in [-0.4, -0.2) is 13.2 Å². The summed E-state index contributed by atoms with van der Waals surface area (Å²) in [6, 6.07) is 15.8. The molecule has 0 saturated heterocycles. The molecule has 2 rings (SSSR count). The van der Waals surface area contributed by atoms with Gasteiger partial charge in [0.1, 0.15) is 29.2 Å². The first-order chi connectivity index (χ1) is 10.3. The van der Waals surface area contributed by atoms with Crippen LogP contribution in [0.3, 0.4) is 0 Å². The van der Waals surface area contributed by atoms with Gasteiger partial charge >= 0.3 is 0 Å². The van der Waals surface area contributed by atoms with Crippen molar-refractivity contribution in [1.29, 1.82) is 0 Å². The molecule has 0 saturated carbocycles. The summed E-state index contributed by atoms with van der Waals surface area (Å²) < 4.78 is 12.1. The van der Waals surface area contributed by atoms with Crippen LogP contribution in [0.15, 0.2) is 71.7 Å². The molecule has 0 heterocycles. The lowest BCUT2D eigenvalue weighted by molar-refractivity contribution is 0.341. The summed E-state index contributed by atoms with van der Waals surface area (Å²) >= 11 is 3.50. The zero-order valence-corrected chi connectivity index (χ0v) is 13.3. The maximum atomic E-state index is 5.74. The number of ether oxygens (including phenoxy) is 2. The minimum Gasteiger partial charge on any atom is -0.488 e. The number of hydrogen-bond donors (Lipinski definition) is 0. The smallest absolute Gasteiger partial charge is 0.137 e. The Morgan fingerprint density at radius 2 is 1.57 bits per heavy atom. The van der Waals surface area contributed by atoms with Gasteiger partial charge in [-0.05, 0) is 39.7 Å². The summed E-state index contributed by atoms with van der Waals surface area (Å²) in [6.07, 6.45) is 5.73. The van der Waals surface area contributed by atoms with E-state index in [0.717, 1.165) is 21.5 Å². The fourth-order valence-corrected chi connectivity index (χ4v) is 2.24. The molecule has 0 aliphatic heterocycles. The summed E-state index contributed by atoms with van der Waals surface area (Å²) in [5, 5.41) is 0. The highest BCUT2D eigenvalue weighted by atomic mass is 79.9. The molecule has 2 nitrogen and oxygen atoms in total. The normalized spacial score (nSPS) is 10.5. The van der Waals surface area contributed by atoms with Crippen LogP contribution in [0.4, 0.5) is 0 Å². The van der Waals surface area contributed by atoms with E-state index in [1.165, 1.54) is 0 Å². The molecule has 0 aliphatic rings. The average Bonchev–Trinajstić information content (AvgIpc) is 2.53. The number of benzene rings is 2. The highest BCUT2D eigenvalue weighted by Gasteiger charge is 2.06. The Labute approximate surface area is 133 Å². The van der Waals surface area contributed by atoms with Gasteiger partial charge in [0.05, 0.1) is 0 Å². The van der Waals surface area contributed by atoms with Crippen LogP contribution in [0.1, 0.15) is 5.56 Å². The number of halogens is 1. The van der Waals surface area contributed by atoms with E-state index in [0.29, 0.717) is 13.2 Å². The number of hydrogen-bond acceptors (Lipinski definition) is 2. The molecule has 2 aromatic rings. The van der Waals surface area contributed by atoms with Gasteiger partial charge in [-0.2, -0.15) is 0 Å². The third-order valence-corrected chi connectivity index (χ3v) is 3.51. The Bertz CT molecular complexity index is 606. The lowest BCUT2D eigenvalue weighted by Gasteiger charge is -2.10. The molecule has 0 bridgehead atoms. The molecule has 0 fully saturated rings. The molecule has 108 valence electrons. The molecule has 0 unspecified atom stereocenters. The van der Waals surface area contributed by atoms with E-state index in [4.69, 9.17) is 9.47 Å². The minimum absolute atomic E-state index is 0.468. The first-order valence-electron chi connectivity index (χ1n) is 6.68. The Morgan fingerprint density at radius 1 is 0.905 bits per heavy atom. The van der Waals surface area contributed by atoms with Gasteiger partial charge < -0.3 is 9.47 Å². The van der Waals surface area contributed by atoms with Crippen molar-refractivity contribution in [3.63, 3.8) is 0 Å². The van der Waals surface area contributed by atoms with Crippen LogP contribution in [-0.2, 0) is 0 Å². The minimum atomic E-state index is 0.468. The highest BCUT2D eigenvalue weighted by Crippen LogP contribution is 2.34. The molecule has 21 heavy (non-hydrogen) atoms. The summed E-state index contributed by atoms with van der Waals surface area (Å²) in [5.41, 5.74) is 1.16. The van der Waals surface area contributed by atoms with Crippen molar-refractivity contribution in [2.45, 2.75) is 0 Å². The maximum Gasteiger partial charge on any atom is 0.137 e. The van der Waals surface area contributed by atoms with Gasteiger partial charge in [-0.3, -0.25) is 0 Å². The molecule has 3 heteroatoms. The lowest BCUT2D eigenvalue weighted by Crippen LogP contribution is -1.97. The summed E-state index contributed by atoms with van der Waals surface area (Å²) in [7, 11) is 0. The lowest BCUT2D eigenvalue weighted by atomic mass is 10.2. The molecular weight excluding hydrogens is 328 g/mol. The van der Waals surface area contributed by atoms with Crippen molar-refractivity contribution < 1.29 is 9.47 Å². The number of rotatable bonds is 7.